The van der Waals surface area contributed by atoms with Crippen LogP contribution in [-0.4, -0.2) is 52.9 Å². The Morgan fingerprint density at radius 2 is 1.85 bits per heavy atom. The summed E-state index contributed by atoms with van der Waals surface area (Å²) in [5, 5.41) is 5.25. The predicted molar refractivity (Wildman–Crippen MR) is 123 cm³/mol. The van der Waals surface area contributed by atoms with E-state index in [0.29, 0.717) is 30.2 Å². The van der Waals surface area contributed by atoms with Crippen LogP contribution in [0.15, 0.2) is 18.2 Å². The number of fused-ring (bicyclic) bond motifs is 1. The number of hydrogen-bond donors (Lipinski definition) is 2. The van der Waals surface area contributed by atoms with Crippen LogP contribution in [-0.2, 0) is 24.1 Å². The third-order valence-corrected chi connectivity index (χ3v) is 6.13. The zero-order valence-corrected chi connectivity index (χ0v) is 20.6. The van der Waals surface area contributed by atoms with Crippen LogP contribution in [0.1, 0.15) is 48.9 Å². The van der Waals surface area contributed by atoms with Crippen molar-refractivity contribution >= 4 is 23.4 Å². The number of alkyl halides is 3. The number of benzene rings is 1. The zero-order chi connectivity index (χ0) is 25.4. The van der Waals surface area contributed by atoms with Gasteiger partial charge in [0, 0.05) is 25.7 Å². The minimum Gasteiger partial charge on any atom is -0.357 e. The third kappa shape index (κ3) is 5.38. The molecule has 1 aliphatic rings. The molecule has 3 rings (SSSR count). The summed E-state index contributed by atoms with van der Waals surface area (Å²) >= 11 is 6.26. The monoisotopic (exact) mass is 499 g/mol. The first-order valence-electron chi connectivity index (χ1n) is 10.9. The Hall–Kier alpha value is -2.59. The van der Waals surface area contributed by atoms with Crippen molar-refractivity contribution in [1.82, 2.24) is 25.1 Å². The van der Waals surface area contributed by atoms with Crippen LogP contribution in [0.3, 0.4) is 0 Å². The highest BCUT2D eigenvalue weighted by molar-refractivity contribution is 6.33. The quantitative estimate of drug-likeness (QED) is 0.667. The molecule has 1 aromatic heterocycles. The number of halogens is 4. The van der Waals surface area contributed by atoms with Crippen LogP contribution < -0.4 is 10.6 Å². The van der Waals surface area contributed by atoms with Gasteiger partial charge >= 0.3 is 6.18 Å². The van der Waals surface area contributed by atoms with Crippen LogP contribution in [0.4, 0.5) is 13.2 Å². The number of rotatable bonds is 4. The molecule has 2 amide bonds. The van der Waals surface area contributed by atoms with E-state index in [1.807, 2.05) is 37.3 Å². The average molecular weight is 500 g/mol. The molecule has 0 spiro atoms. The number of hydrogen-bond acceptors (Lipinski definition) is 4. The van der Waals surface area contributed by atoms with Gasteiger partial charge in [-0.25, -0.2) is 4.98 Å². The van der Waals surface area contributed by atoms with Gasteiger partial charge in [-0.3, -0.25) is 9.59 Å². The summed E-state index contributed by atoms with van der Waals surface area (Å²) < 4.78 is 41.2. The molecule has 0 saturated heterocycles. The fourth-order valence-corrected chi connectivity index (χ4v) is 4.27. The maximum absolute atomic E-state index is 13.4. The fourth-order valence-electron chi connectivity index (χ4n) is 4.00. The minimum atomic E-state index is -4.53. The second-order valence-electron chi connectivity index (χ2n) is 9.55. The maximum atomic E-state index is 13.4. The number of imidazole rings is 1. The first-order valence-corrected chi connectivity index (χ1v) is 11.3. The number of nitrogens with one attached hydrogen (secondary N) is 2. The Morgan fingerprint density at radius 3 is 2.41 bits per heavy atom. The van der Waals surface area contributed by atoms with E-state index in [4.69, 9.17) is 11.6 Å². The molecule has 1 unspecified atom stereocenters. The van der Waals surface area contributed by atoms with E-state index in [0.717, 1.165) is 25.1 Å². The highest BCUT2D eigenvalue weighted by atomic mass is 35.5. The number of aromatic nitrogens is 2. The molecule has 2 aromatic rings. The van der Waals surface area contributed by atoms with Gasteiger partial charge in [0.15, 0.2) is 5.69 Å². The van der Waals surface area contributed by atoms with E-state index in [2.05, 4.69) is 15.6 Å². The molecule has 186 valence electrons. The smallest absolute Gasteiger partial charge is 0.357 e. The molecule has 1 aliphatic heterocycles. The molecule has 0 aliphatic carbocycles. The molecule has 11 heteroatoms. The highest BCUT2D eigenvalue weighted by Crippen LogP contribution is 2.36. The number of nitrogens with zero attached hydrogens (tertiary/aromatic N) is 3. The zero-order valence-electron chi connectivity index (χ0n) is 19.8. The summed E-state index contributed by atoms with van der Waals surface area (Å²) in [6, 6.07) is 2.28. The molecule has 2 N–H and O–H groups in total. The van der Waals surface area contributed by atoms with Crippen molar-refractivity contribution in [2.24, 2.45) is 5.41 Å². The number of amides is 2. The highest BCUT2D eigenvalue weighted by Gasteiger charge is 2.35. The lowest BCUT2D eigenvalue weighted by Crippen LogP contribution is -2.53. The number of likely N-dealkylation sites (N-methyl/N-ethyl adjacent to an activating group) is 1. The van der Waals surface area contributed by atoms with Crippen LogP contribution in [0.25, 0.3) is 11.4 Å². The standard InChI is InChI=1S/C23H29ClF3N5O2/c1-22(2,3)18(21(34)28-4)30-20(33)17-16-12-31(5)9-6-10-32(16)19(29-17)14-8-7-13(11-15(14)24)23(25,26)27/h7-8,11,18H,6,9-10,12H2,1-5H3,(H,28,34)(H,30,33). The van der Waals surface area contributed by atoms with Crippen LogP contribution in [0, 0.1) is 5.41 Å². The van der Waals surface area contributed by atoms with E-state index in [9.17, 15) is 22.8 Å². The van der Waals surface area contributed by atoms with Gasteiger partial charge in [-0.1, -0.05) is 32.4 Å². The SMILES string of the molecule is CNC(=O)C(NC(=O)c1nc(-c2ccc(C(F)(F)F)cc2Cl)n2c1CN(C)CCC2)C(C)(C)C. The molecule has 2 heterocycles. The lowest BCUT2D eigenvalue weighted by atomic mass is 9.86. The molecular weight excluding hydrogens is 471 g/mol. The lowest BCUT2D eigenvalue weighted by molar-refractivity contribution is -0.137. The van der Waals surface area contributed by atoms with Gasteiger partial charge in [0.1, 0.15) is 11.9 Å². The summed E-state index contributed by atoms with van der Waals surface area (Å²) in [6.07, 6.45) is -3.77. The Labute approximate surface area is 201 Å². The van der Waals surface area contributed by atoms with Gasteiger partial charge in [-0.05, 0) is 43.6 Å². The molecule has 1 aromatic carbocycles. The van der Waals surface area contributed by atoms with E-state index < -0.39 is 29.1 Å². The van der Waals surface area contributed by atoms with Crippen molar-refractivity contribution in [3.05, 3.63) is 40.2 Å². The topological polar surface area (TPSA) is 79.3 Å². The van der Waals surface area contributed by atoms with E-state index >= 15 is 0 Å². The summed E-state index contributed by atoms with van der Waals surface area (Å²) in [4.78, 5) is 32.4. The molecule has 1 atom stereocenters. The normalized spacial score (nSPS) is 15.9. The largest absolute Gasteiger partial charge is 0.416 e. The fraction of sp³-hybridized carbons (Fsp3) is 0.522. The van der Waals surface area contributed by atoms with Crippen molar-refractivity contribution in [3.8, 4) is 11.4 Å². The van der Waals surface area contributed by atoms with E-state index in [-0.39, 0.29) is 16.6 Å². The first kappa shape index (κ1) is 26.0. The molecule has 34 heavy (non-hydrogen) atoms. The predicted octanol–water partition coefficient (Wildman–Crippen LogP) is 3.95. The molecule has 7 nitrogen and oxygen atoms in total. The van der Waals surface area contributed by atoms with Crippen molar-refractivity contribution < 1.29 is 22.8 Å². The van der Waals surface area contributed by atoms with Crippen molar-refractivity contribution in [3.63, 3.8) is 0 Å². The molecule has 0 saturated carbocycles. The van der Waals surface area contributed by atoms with Gasteiger partial charge in [-0.2, -0.15) is 13.2 Å². The number of carbonyl (C=O) groups excluding carboxylic acids is 2. The van der Waals surface area contributed by atoms with Gasteiger partial charge in [0.2, 0.25) is 5.91 Å². The second kappa shape index (κ2) is 9.58. The van der Waals surface area contributed by atoms with Crippen molar-refractivity contribution in [1.29, 1.82) is 0 Å². The summed E-state index contributed by atoms with van der Waals surface area (Å²) in [5.74, 6) is -0.549. The second-order valence-corrected chi connectivity index (χ2v) is 9.96. The Balaban J connectivity index is 2.10. The summed E-state index contributed by atoms with van der Waals surface area (Å²) in [6.45, 7) is 7.21. The van der Waals surface area contributed by atoms with Crippen LogP contribution in [0.5, 0.6) is 0 Å². The molecule has 0 radical (unpaired) electrons. The summed E-state index contributed by atoms with van der Waals surface area (Å²) in [7, 11) is 3.41. The van der Waals surface area contributed by atoms with Crippen LogP contribution >= 0.6 is 11.6 Å². The first-order chi connectivity index (χ1) is 15.7. The third-order valence-electron chi connectivity index (χ3n) is 5.82. The Kier molecular flexibility index (Phi) is 7.33. The molecule has 0 bridgehead atoms. The van der Waals surface area contributed by atoms with Gasteiger partial charge in [0.05, 0.1) is 16.3 Å². The van der Waals surface area contributed by atoms with Crippen molar-refractivity contribution in [2.75, 3.05) is 20.6 Å². The Morgan fingerprint density at radius 1 is 1.18 bits per heavy atom. The minimum absolute atomic E-state index is 0.106. The Bertz CT molecular complexity index is 1090. The average Bonchev–Trinajstić information content (AvgIpc) is 2.95. The molecule has 0 fully saturated rings. The lowest BCUT2D eigenvalue weighted by Gasteiger charge is -2.29. The van der Waals surface area contributed by atoms with Gasteiger partial charge in [-0.15, -0.1) is 0 Å². The van der Waals surface area contributed by atoms with Gasteiger partial charge in [0.25, 0.3) is 5.91 Å². The summed E-state index contributed by atoms with van der Waals surface area (Å²) in [5.41, 5.74) is -0.382. The van der Waals surface area contributed by atoms with Crippen molar-refractivity contribution in [2.45, 2.75) is 52.5 Å². The number of carbonyl (C=O) groups is 2. The maximum Gasteiger partial charge on any atom is 0.416 e. The van der Waals surface area contributed by atoms with E-state index in [1.165, 1.54) is 13.1 Å². The van der Waals surface area contributed by atoms with Gasteiger partial charge < -0.3 is 20.1 Å². The molecular formula is C23H29ClF3N5O2. The van der Waals surface area contributed by atoms with E-state index in [1.54, 1.807) is 0 Å². The van der Waals surface area contributed by atoms with Crippen LogP contribution in [0.2, 0.25) is 5.02 Å².